The molecule has 6 fully saturated rings. The molecule has 2 N–H and O–H groups in total. The van der Waals surface area contributed by atoms with Gasteiger partial charge in [-0.1, -0.05) is 37.3 Å². The summed E-state index contributed by atoms with van der Waals surface area (Å²) in [6, 6.07) is 11.5. The highest BCUT2D eigenvalue weighted by Crippen LogP contribution is 2.70. The van der Waals surface area contributed by atoms with Gasteiger partial charge in [0.1, 0.15) is 0 Å². The normalized spacial score (nSPS) is 49.8. The maximum atomic E-state index is 13.9. The molecule has 0 radical (unpaired) electrons. The largest absolute Gasteiger partial charge is 0.342 e. The van der Waals surface area contributed by atoms with E-state index in [0.29, 0.717) is 17.4 Å². The highest BCUT2D eigenvalue weighted by atomic mass is 16.2. The number of likely N-dealkylation sites (tertiary alicyclic amines) is 1. The molecule has 144 valence electrons. The van der Waals surface area contributed by atoms with Gasteiger partial charge in [-0.2, -0.15) is 0 Å². The summed E-state index contributed by atoms with van der Waals surface area (Å²) in [6.45, 7) is 4.34. The fraction of sp³-hybridized carbons (Fsp3) is 0.708. The number of rotatable bonds is 2. The molecule has 1 spiro atoms. The van der Waals surface area contributed by atoms with Crippen molar-refractivity contribution in [3.63, 3.8) is 0 Å². The molecule has 27 heavy (non-hydrogen) atoms. The average Bonchev–Trinajstić information content (AvgIpc) is 3.05. The van der Waals surface area contributed by atoms with Crippen molar-refractivity contribution in [2.75, 3.05) is 13.1 Å². The molecule has 1 aliphatic heterocycles. The summed E-state index contributed by atoms with van der Waals surface area (Å²) in [4.78, 5) is 16.1. The number of carbonyl (C=O) groups is 1. The molecule has 3 heteroatoms. The van der Waals surface area contributed by atoms with E-state index < -0.39 is 0 Å². The van der Waals surface area contributed by atoms with Crippen molar-refractivity contribution >= 4 is 5.91 Å². The Kier molecular flexibility index (Phi) is 3.06. The zero-order valence-corrected chi connectivity index (χ0v) is 16.5. The van der Waals surface area contributed by atoms with Crippen LogP contribution >= 0.6 is 0 Å². The van der Waals surface area contributed by atoms with E-state index >= 15 is 0 Å². The van der Waals surface area contributed by atoms with Crippen molar-refractivity contribution in [3.8, 4) is 0 Å². The summed E-state index contributed by atoms with van der Waals surface area (Å²) >= 11 is 0. The second-order valence-corrected chi connectivity index (χ2v) is 11.4. The van der Waals surface area contributed by atoms with Crippen LogP contribution in [0.3, 0.4) is 0 Å². The molecule has 3 nitrogen and oxygen atoms in total. The number of benzene rings is 1. The van der Waals surface area contributed by atoms with Gasteiger partial charge in [0.15, 0.2) is 0 Å². The Bertz CT molecular complexity index is 808. The summed E-state index contributed by atoms with van der Waals surface area (Å²) in [5, 5.41) is 0. The van der Waals surface area contributed by atoms with E-state index in [4.69, 9.17) is 5.73 Å². The van der Waals surface area contributed by atoms with Gasteiger partial charge in [0.2, 0.25) is 5.91 Å². The summed E-state index contributed by atoms with van der Waals surface area (Å²) in [5.41, 5.74) is 8.41. The number of nitrogens with two attached hydrogens (primary N) is 1. The lowest BCUT2D eigenvalue weighted by Crippen LogP contribution is -2.62. The van der Waals surface area contributed by atoms with Crippen LogP contribution in [-0.4, -0.2) is 29.9 Å². The highest BCUT2D eigenvalue weighted by Gasteiger charge is 2.66. The topological polar surface area (TPSA) is 46.3 Å². The van der Waals surface area contributed by atoms with Gasteiger partial charge in [-0.25, -0.2) is 0 Å². The van der Waals surface area contributed by atoms with Crippen LogP contribution in [0.1, 0.15) is 63.9 Å². The number of hydrogen-bond donors (Lipinski definition) is 1. The maximum Gasteiger partial charge on any atom is 0.228 e. The van der Waals surface area contributed by atoms with Gasteiger partial charge in [0.25, 0.3) is 0 Å². The van der Waals surface area contributed by atoms with Crippen molar-refractivity contribution < 1.29 is 4.79 Å². The minimum absolute atomic E-state index is 0.117. The molecule has 1 aromatic carbocycles. The summed E-state index contributed by atoms with van der Waals surface area (Å²) in [7, 11) is 0. The zero-order chi connectivity index (χ0) is 18.5. The van der Waals surface area contributed by atoms with Gasteiger partial charge in [-0.05, 0) is 73.7 Å². The standard InChI is InChI=1S/C24H32N2O/c1-21-9-17-10-23(13-21,18-5-3-2-4-6-18)15-24(11-17,14-21)20(27)26-8-7-22(16-26)12-19(22)25/h2-6,17,19H,7-16,25H2,1H3/t17?,19?,21-,22?,23-,24?/m1/s1. The molecule has 0 aromatic heterocycles. The first-order chi connectivity index (χ1) is 12.9. The molecule has 4 unspecified atom stereocenters. The smallest absolute Gasteiger partial charge is 0.228 e. The third-order valence-corrected chi connectivity index (χ3v) is 9.11. The lowest BCUT2D eigenvalue weighted by atomic mass is 9.38. The molecule has 1 amide bonds. The van der Waals surface area contributed by atoms with Crippen LogP contribution in [0.25, 0.3) is 0 Å². The predicted octanol–water partition coefficient (Wildman–Crippen LogP) is 3.86. The number of carbonyl (C=O) groups excluding carboxylic acids is 1. The van der Waals surface area contributed by atoms with Gasteiger partial charge in [-0.3, -0.25) is 4.79 Å². The minimum Gasteiger partial charge on any atom is -0.342 e. The van der Waals surface area contributed by atoms with E-state index in [0.717, 1.165) is 51.1 Å². The van der Waals surface area contributed by atoms with Gasteiger partial charge >= 0.3 is 0 Å². The van der Waals surface area contributed by atoms with E-state index in [1.54, 1.807) is 0 Å². The van der Waals surface area contributed by atoms with E-state index in [1.165, 1.54) is 24.8 Å². The molecule has 5 aliphatic carbocycles. The SMILES string of the molecule is C[C@]12CC3CC(C(=O)N4CCC5(CC5N)C4)(C1)C[C@@](c1ccccc1)(C3)C2. The van der Waals surface area contributed by atoms with Crippen LogP contribution in [-0.2, 0) is 10.2 Å². The molecule has 4 bridgehead atoms. The van der Waals surface area contributed by atoms with Crippen LogP contribution in [0.15, 0.2) is 30.3 Å². The fourth-order valence-corrected chi connectivity index (χ4v) is 8.53. The Morgan fingerprint density at radius 3 is 2.52 bits per heavy atom. The Morgan fingerprint density at radius 1 is 1.07 bits per heavy atom. The van der Waals surface area contributed by atoms with Crippen molar-refractivity contribution in [2.45, 2.75) is 69.7 Å². The third kappa shape index (κ3) is 2.21. The lowest BCUT2D eigenvalue weighted by molar-refractivity contribution is -0.169. The molecule has 6 atom stereocenters. The molecule has 7 rings (SSSR count). The Labute approximate surface area is 162 Å². The molecular formula is C24H32N2O. The second-order valence-electron chi connectivity index (χ2n) is 11.4. The Morgan fingerprint density at radius 2 is 1.85 bits per heavy atom. The van der Waals surface area contributed by atoms with Gasteiger partial charge in [0.05, 0.1) is 5.41 Å². The van der Waals surface area contributed by atoms with E-state index in [1.807, 2.05) is 0 Å². The van der Waals surface area contributed by atoms with Crippen LogP contribution in [0.4, 0.5) is 0 Å². The van der Waals surface area contributed by atoms with E-state index in [-0.39, 0.29) is 16.2 Å². The quantitative estimate of drug-likeness (QED) is 0.866. The number of nitrogens with zero attached hydrogens (tertiary/aromatic N) is 1. The lowest BCUT2D eigenvalue weighted by Gasteiger charge is -2.66. The van der Waals surface area contributed by atoms with E-state index in [9.17, 15) is 4.79 Å². The summed E-state index contributed by atoms with van der Waals surface area (Å²) in [5.74, 6) is 1.20. The number of amides is 1. The molecular weight excluding hydrogens is 332 g/mol. The molecule has 1 aromatic rings. The Hall–Kier alpha value is -1.35. The first-order valence-electron chi connectivity index (χ1n) is 11.0. The number of hydrogen-bond acceptors (Lipinski definition) is 2. The third-order valence-electron chi connectivity index (χ3n) is 9.11. The maximum absolute atomic E-state index is 13.9. The molecule has 1 heterocycles. The highest BCUT2D eigenvalue weighted by molar-refractivity contribution is 5.84. The fourth-order valence-electron chi connectivity index (χ4n) is 8.53. The average molecular weight is 365 g/mol. The Balaban J connectivity index is 1.36. The minimum atomic E-state index is -0.117. The first kappa shape index (κ1) is 16.6. The second kappa shape index (κ2) is 4.97. The molecule has 6 aliphatic rings. The van der Waals surface area contributed by atoms with Crippen molar-refractivity contribution in [3.05, 3.63) is 35.9 Å². The van der Waals surface area contributed by atoms with Crippen molar-refractivity contribution in [1.29, 1.82) is 0 Å². The van der Waals surface area contributed by atoms with Gasteiger partial charge < -0.3 is 10.6 Å². The summed E-state index contributed by atoms with van der Waals surface area (Å²) < 4.78 is 0. The zero-order valence-electron chi connectivity index (χ0n) is 16.5. The van der Waals surface area contributed by atoms with Gasteiger partial charge in [-0.15, -0.1) is 0 Å². The van der Waals surface area contributed by atoms with Crippen LogP contribution in [0.5, 0.6) is 0 Å². The van der Waals surface area contributed by atoms with Crippen molar-refractivity contribution in [2.24, 2.45) is 27.9 Å². The first-order valence-corrected chi connectivity index (χ1v) is 11.0. The van der Waals surface area contributed by atoms with Crippen LogP contribution in [0.2, 0.25) is 0 Å². The van der Waals surface area contributed by atoms with Gasteiger partial charge in [0, 0.05) is 24.5 Å². The van der Waals surface area contributed by atoms with Crippen molar-refractivity contribution in [1.82, 2.24) is 4.90 Å². The molecule has 1 saturated heterocycles. The van der Waals surface area contributed by atoms with E-state index in [2.05, 4.69) is 42.2 Å². The summed E-state index contributed by atoms with van der Waals surface area (Å²) in [6.07, 6.45) is 9.44. The van der Waals surface area contributed by atoms with Crippen LogP contribution < -0.4 is 5.73 Å². The monoisotopic (exact) mass is 364 g/mol. The van der Waals surface area contributed by atoms with Crippen LogP contribution in [0, 0.1) is 22.2 Å². The predicted molar refractivity (Wildman–Crippen MR) is 106 cm³/mol. The molecule has 5 saturated carbocycles.